The van der Waals surface area contributed by atoms with Gasteiger partial charge in [-0.1, -0.05) is 0 Å². The van der Waals surface area contributed by atoms with E-state index in [4.69, 9.17) is 4.84 Å². The summed E-state index contributed by atoms with van der Waals surface area (Å²) in [4.78, 5) is 15.8. The molecule has 0 aromatic rings. The van der Waals surface area contributed by atoms with Crippen molar-refractivity contribution in [3.05, 3.63) is 0 Å². The maximum Gasteiger partial charge on any atom is 0.260 e. The third-order valence-corrected chi connectivity index (χ3v) is 1.49. The Morgan fingerprint density at radius 2 is 2.50 bits per heavy atom. The number of nitrogens with one attached hydrogen (secondary N) is 1. The zero-order valence-electron chi connectivity index (χ0n) is 6.09. The van der Waals surface area contributed by atoms with E-state index in [9.17, 15) is 4.79 Å². The molecule has 1 amide bonds. The summed E-state index contributed by atoms with van der Waals surface area (Å²) in [5.74, 6) is 0.0139. The summed E-state index contributed by atoms with van der Waals surface area (Å²) >= 11 is 0. The average Bonchev–Trinajstić information content (AvgIpc) is 2.13. The third kappa shape index (κ3) is 1.68. The molecule has 1 fully saturated rings. The number of carbonyl (C=O) groups is 1. The van der Waals surface area contributed by atoms with E-state index in [0.29, 0.717) is 13.1 Å². The molecule has 4 nitrogen and oxygen atoms in total. The minimum atomic E-state index is 0.0139. The highest BCUT2D eigenvalue weighted by Crippen LogP contribution is 1.95. The Labute approximate surface area is 60.1 Å². The van der Waals surface area contributed by atoms with Gasteiger partial charge >= 0.3 is 0 Å². The largest absolute Gasteiger partial charge is 0.308 e. The molecule has 0 aromatic heterocycles. The van der Waals surface area contributed by atoms with Crippen LogP contribution >= 0.6 is 0 Å². The highest BCUT2D eigenvalue weighted by Gasteiger charge is 2.14. The van der Waals surface area contributed by atoms with E-state index in [1.165, 1.54) is 12.2 Å². The first-order chi connectivity index (χ1) is 4.84. The SMILES string of the molecule is CON1CCCNCC1=O. The van der Waals surface area contributed by atoms with Gasteiger partial charge in [-0.15, -0.1) is 0 Å². The van der Waals surface area contributed by atoms with E-state index < -0.39 is 0 Å². The van der Waals surface area contributed by atoms with Crippen LogP contribution in [0.15, 0.2) is 0 Å². The lowest BCUT2D eigenvalue weighted by molar-refractivity contribution is -0.173. The van der Waals surface area contributed by atoms with Crippen molar-refractivity contribution in [2.75, 3.05) is 26.7 Å². The van der Waals surface area contributed by atoms with Gasteiger partial charge in [0.15, 0.2) is 0 Å². The summed E-state index contributed by atoms with van der Waals surface area (Å²) in [7, 11) is 1.52. The lowest BCUT2D eigenvalue weighted by Crippen LogP contribution is -2.33. The van der Waals surface area contributed by atoms with Crippen molar-refractivity contribution >= 4 is 5.91 Å². The van der Waals surface area contributed by atoms with E-state index in [1.54, 1.807) is 0 Å². The van der Waals surface area contributed by atoms with E-state index in [1.807, 2.05) is 0 Å². The van der Waals surface area contributed by atoms with Crippen LogP contribution < -0.4 is 5.32 Å². The molecule has 0 saturated carbocycles. The highest BCUT2D eigenvalue weighted by molar-refractivity contribution is 5.77. The van der Waals surface area contributed by atoms with Gasteiger partial charge < -0.3 is 5.32 Å². The van der Waals surface area contributed by atoms with Crippen LogP contribution in [-0.2, 0) is 9.63 Å². The van der Waals surface area contributed by atoms with Gasteiger partial charge in [0, 0.05) is 6.54 Å². The third-order valence-electron chi connectivity index (χ3n) is 1.49. The maximum atomic E-state index is 11.0. The monoisotopic (exact) mass is 144 g/mol. The van der Waals surface area contributed by atoms with Crippen molar-refractivity contribution in [2.45, 2.75) is 6.42 Å². The van der Waals surface area contributed by atoms with Crippen molar-refractivity contribution in [3.8, 4) is 0 Å². The molecule has 0 atom stereocenters. The van der Waals surface area contributed by atoms with Crippen molar-refractivity contribution in [2.24, 2.45) is 0 Å². The van der Waals surface area contributed by atoms with Crippen molar-refractivity contribution in [1.29, 1.82) is 0 Å². The van der Waals surface area contributed by atoms with Gasteiger partial charge in [-0.3, -0.25) is 9.63 Å². The fourth-order valence-corrected chi connectivity index (χ4v) is 0.949. The van der Waals surface area contributed by atoms with Gasteiger partial charge in [0.25, 0.3) is 5.91 Å². The molecule has 1 saturated heterocycles. The van der Waals surface area contributed by atoms with Crippen LogP contribution in [0.4, 0.5) is 0 Å². The number of nitrogens with zero attached hydrogens (tertiary/aromatic N) is 1. The molecule has 1 N–H and O–H groups in total. The molecule has 0 bridgehead atoms. The van der Waals surface area contributed by atoms with E-state index in [2.05, 4.69) is 5.32 Å². The summed E-state index contributed by atoms with van der Waals surface area (Å²) in [6.07, 6.45) is 0.958. The molecule has 0 spiro atoms. The molecule has 1 heterocycles. The number of hydroxylamine groups is 2. The van der Waals surface area contributed by atoms with Crippen molar-refractivity contribution < 1.29 is 9.63 Å². The molecular formula is C6H12N2O2. The predicted octanol–water partition coefficient (Wildman–Crippen LogP) is -0.630. The second kappa shape index (κ2) is 3.53. The fourth-order valence-electron chi connectivity index (χ4n) is 0.949. The van der Waals surface area contributed by atoms with Gasteiger partial charge in [0.2, 0.25) is 0 Å². The van der Waals surface area contributed by atoms with Crippen LogP contribution in [0.25, 0.3) is 0 Å². The second-order valence-corrected chi connectivity index (χ2v) is 2.21. The molecular weight excluding hydrogens is 132 g/mol. The molecule has 0 aliphatic carbocycles. The fraction of sp³-hybridized carbons (Fsp3) is 0.833. The molecule has 1 rings (SSSR count). The zero-order chi connectivity index (χ0) is 7.40. The number of amides is 1. The normalized spacial score (nSPS) is 20.9. The summed E-state index contributed by atoms with van der Waals surface area (Å²) in [5, 5.41) is 4.38. The zero-order valence-corrected chi connectivity index (χ0v) is 6.09. The average molecular weight is 144 g/mol. The quantitative estimate of drug-likeness (QED) is 0.532. The summed E-state index contributed by atoms with van der Waals surface area (Å²) in [5.41, 5.74) is 0. The topological polar surface area (TPSA) is 41.6 Å². The van der Waals surface area contributed by atoms with Crippen molar-refractivity contribution in [3.63, 3.8) is 0 Å². The van der Waals surface area contributed by atoms with Gasteiger partial charge in [0.05, 0.1) is 13.7 Å². The van der Waals surface area contributed by atoms with E-state index >= 15 is 0 Å². The van der Waals surface area contributed by atoms with Crippen LogP contribution in [-0.4, -0.2) is 37.7 Å². The summed E-state index contributed by atoms with van der Waals surface area (Å²) in [6, 6.07) is 0. The Kier molecular flexibility index (Phi) is 2.65. The number of hydrogen-bond donors (Lipinski definition) is 1. The van der Waals surface area contributed by atoms with E-state index in [-0.39, 0.29) is 5.91 Å². The van der Waals surface area contributed by atoms with Crippen LogP contribution in [0.2, 0.25) is 0 Å². The first-order valence-corrected chi connectivity index (χ1v) is 3.40. The molecule has 4 heteroatoms. The summed E-state index contributed by atoms with van der Waals surface area (Å²) in [6.45, 7) is 1.99. The van der Waals surface area contributed by atoms with Crippen LogP contribution in [0.5, 0.6) is 0 Å². The minimum absolute atomic E-state index is 0.0139. The maximum absolute atomic E-state index is 11.0. The molecule has 1 aliphatic heterocycles. The Hall–Kier alpha value is -0.610. The lowest BCUT2D eigenvalue weighted by atomic mass is 10.4. The Morgan fingerprint density at radius 3 is 3.20 bits per heavy atom. The first kappa shape index (κ1) is 7.50. The number of hydrogen-bond acceptors (Lipinski definition) is 3. The minimum Gasteiger partial charge on any atom is -0.308 e. The van der Waals surface area contributed by atoms with Gasteiger partial charge in [0.1, 0.15) is 0 Å². The molecule has 1 aliphatic rings. The predicted molar refractivity (Wildman–Crippen MR) is 36.2 cm³/mol. The molecule has 0 aromatic carbocycles. The summed E-state index contributed by atoms with van der Waals surface area (Å²) < 4.78 is 0. The standard InChI is InChI=1S/C6H12N2O2/c1-10-8-4-2-3-7-5-6(8)9/h7H,2-5H2,1H3. The van der Waals surface area contributed by atoms with Crippen molar-refractivity contribution in [1.82, 2.24) is 10.4 Å². The number of rotatable bonds is 1. The van der Waals surface area contributed by atoms with Crippen LogP contribution in [0, 0.1) is 0 Å². The van der Waals surface area contributed by atoms with Gasteiger partial charge in [-0.2, -0.15) is 0 Å². The second-order valence-electron chi connectivity index (χ2n) is 2.21. The van der Waals surface area contributed by atoms with Crippen LogP contribution in [0.1, 0.15) is 6.42 Å². The van der Waals surface area contributed by atoms with Crippen LogP contribution in [0.3, 0.4) is 0 Å². The Bertz CT molecular complexity index is 127. The smallest absolute Gasteiger partial charge is 0.260 e. The Balaban J connectivity index is 2.43. The molecule has 58 valence electrons. The lowest BCUT2D eigenvalue weighted by Gasteiger charge is -2.15. The number of carbonyl (C=O) groups excluding carboxylic acids is 1. The highest BCUT2D eigenvalue weighted by atomic mass is 16.7. The van der Waals surface area contributed by atoms with Gasteiger partial charge in [-0.05, 0) is 13.0 Å². The molecule has 10 heavy (non-hydrogen) atoms. The molecule has 0 radical (unpaired) electrons. The Morgan fingerprint density at radius 1 is 1.70 bits per heavy atom. The van der Waals surface area contributed by atoms with Gasteiger partial charge in [-0.25, -0.2) is 5.06 Å². The first-order valence-electron chi connectivity index (χ1n) is 3.40. The molecule has 0 unspecified atom stereocenters. The van der Waals surface area contributed by atoms with E-state index in [0.717, 1.165) is 13.0 Å².